The Labute approximate surface area is 152 Å². The number of anilines is 1. The third-order valence-corrected chi connectivity index (χ3v) is 3.52. The van der Waals surface area contributed by atoms with Crippen LogP contribution >= 0.6 is 0 Å². The summed E-state index contributed by atoms with van der Waals surface area (Å²) in [5.41, 5.74) is 1.68. The van der Waals surface area contributed by atoms with Gasteiger partial charge in [0.25, 0.3) is 0 Å². The number of aromatic nitrogens is 2. The fraction of sp³-hybridized carbons (Fsp3) is 0.222. The predicted octanol–water partition coefficient (Wildman–Crippen LogP) is 4.74. The van der Waals surface area contributed by atoms with Crippen molar-refractivity contribution in [1.29, 1.82) is 0 Å². The second kappa shape index (κ2) is 7.65. The van der Waals surface area contributed by atoms with Crippen LogP contribution in [0.25, 0.3) is 11.5 Å². The molecule has 1 heterocycles. The highest BCUT2D eigenvalue weighted by Gasteiger charge is 2.28. The van der Waals surface area contributed by atoms with Gasteiger partial charge in [-0.05, 0) is 48.9 Å². The molecule has 0 amide bonds. The van der Waals surface area contributed by atoms with Crippen LogP contribution < -0.4 is 10.1 Å². The fourth-order valence-corrected chi connectivity index (χ4v) is 2.26. The molecule has 0 radical (unpaired) electrons. The Morgan fingerprint density at radius 1 is 1.07 bits per heavy atom. The summed E-state index contributed by atoms with van der Waals surface area (Å²) in [6, 6.07) is 10.4. The van der Waals surface area contributed by atoms with Gasteiger partial charge in [-0.1, -0.05) is 6.07 Å². The highest BCUT2D eigenvalue weighted by Crippen LogP contribution is 2.28. The SMILES string of the molecule is Cc1ccc(NCc2nnc(-c3ccc(F)cc3)o2)c(OCC(F)(F)F)c1. The average Bonchev–Trinajstić information content (AvgIpc) is 3.08. The minimum Gasteiger partial charge on any atom is -0.482 e. The van der Waals surface area contributed by atoms with Gasteiger partial charge in [0.2, 0.25) is 11.8 Å². The monoisotopic (exact) mass is 381 g/mol. The molecule has 0 unspecified atom stereocenters. The van der Waals surface area contributed by atoms with Crippen molar-refractivity contribution in [2.24, 2.45) is 0 Å². The van der Waals surface area contributed by atoms with Crippen LogP contribution in [0.1, 0.15) is 11.5 Å². The van der Waals surface area contributed by atoms with Gasteiger partial charge in [-0.2, -0.15) is 13.2 Å². The molecular weight excluding hydrogens is 366 g/mol. The van der Waals surface area contributed by atoms with E-state index in [4.69, 9.17) is 9.15 Å². The minimum absolute atomic E-state index is 0.0746. The van der Waals surface area contributed by atoms with Crippen LogP contribution in [-0.2, 0) is 6.54 Å². The molecule has 27 heavy (non-hydrogen) atoms. The fourth-order valence-electron chi connectivity index (χ4n) is 2.26. The molecule has 5 nitrogen and oxygen atoms in total. The molecule has 0 spiro atoms. The van der Waals surface area contributed by atoms with Crippen molar-refractivity contribution in [3.05, 3.63) is 59.7 Å². The van der Waals surface area contributed by atoms with Crippen molar-refractivity contribution in [3.63, 3.8) is 0 Å². The molecule has 0 aliphatic carbocycles. The van der Waals surface area contributed by atoms with Crippen LogP contribution in [0.15, 0.2) is 46.9 Å². The van der Waals surface area contributed by atoms with Gasteiger partial charge >= 0.3 is 6.18 Å². The van der Waals surface area contributed by atoms with Crippen LogP contribution in [0.4, 0.5) is 23.2 Å². The second-order valence-electron chi connectivity index (χ2n) is 5.76. The average molecular weight is 381 g/mol. The van der Waals surface area contributed by atoms with E-state index in [-0.39, 0.29) is 29.9 Å². The van der Waals surface area contributed by atoms with E-state index in [0.717, 1.165) is 5.56 Å². The van der Waals surface area contributed by atoms with E-state index in [0.29, 0.717) is 11.3 Å². The molecule has 0 fully saturated rings. The van der Waals surface area contributed by atoms with E-state index in [1.807, 2.05) is 0 Å². The zero-order valence-corrected chi connectivity index (χ0v) is 14.2. The molecule has 3 rings (SSSR count). The van der Waals surface area contributed by atoms with Crippen molar-refractivity contribution in [2.45, 2.75) is 19.6 Å². The number of alkyl halides is 3. The zero-order chi connectivity index (χ0) is 19.4. The number of aryl methyl sites for hydroxylation is 1. The third-order valence-electron chi connectivity index (χ3n) is 3.52. The van der Waals surface area contributed by atoms with E-state index < -0.39 is 12.8 Å². The van der Waals surface area contributed by atoms with Crippen LogP contribution in [0.3, 0.4) is 0 Å². The Morgan fingerprint density at radius 2 is 1.81 bits per heavy atom. The molecule has 142 valence electrons. The van der Waals surface area contributed by atoms with Gasteiger partial charge in [-0.25, -0.2) is 4.39 Å². The molecule has 0 atom stereocenters. The first-order chi connectivity index (χ1) is 12.8. The first kappa shape index (κ1) is 18.7. The lowest BCUT2D eigenvalue weighted by molar-refractivity contribution is -0.153. The molecule has 1 aromatic heterocycles. The number of hydrogen-bond acceptors (Lipinski definition) is 5. The summed E-state index contributed by atoms with van der Waals surface area (Å²) in [6.07, 6.45) is -4.43. The summed E-state index contributed by atoms with van der Waals surface area (Å²) in [5, 5.41) is 10.7. The number of nitrogens with one attached hydrogen (secondary N) is 1. The lowest BCUT2D eigenvalue weighted by Crippen LogP contribution is -2.19. The first-order valence-corrected chi connectivity index (χ1v) is 7.92. The normalized spacial score (nSPS) is 11.4. The summed E-state index contributed by atoms with van der Waals surface area (Å²) >= 11 is 0. The first-order valence-electron chi connectivity index (χ1n) is 7.92. The van der Waals surface area contributed by atoms with Crippen molar-refractivity contribution in [3.8, 4) is 17.2 Å². The number of ether oxygens (including phenoxy) is 1. The van der Waals surface area contributed by atoms with E-state index in [1.165, 1.54) is 30.3 Å². The maximum absolute atomic E-state index is 13.0. The maximum atomic E-state index is 13.0. The van der Waals surface area contributed by atoms with E-state index in [1.54, 1.807) is 19.1 Å². The summed E-state index contributed by atoms with van der Waals surface area (Å²) in [6.45, 7) is 0.442. The van der Waals surface area contributed by atoms with Gasteiger partial charge in [0.1, 0.15) is 11.6 Å². The topological polar surface area (TPSA) is 60.2 Å². The van der Waals surface area contributed by atoms with Crippen molar-refractivity contribution >= 4 is 5.69 Å². The maximum Gasteiger partial charge on any atom is 0.422 e. The van der Waals surface area contributed by atoms with Gasteiger partial charge < -0.3 is 14.5 Å². The number of benzene rings is 2. The van der Waals surface area contributed by atoms with Crippen LogP contribution in [-0.4, -0.2) is 23.0 Å². The minimum atomic E-state index is -4.43. The van der Waals surface area contributed by atoms with E-state index in [9.17, 15) is 17.6 Å². The molecular formula is C18H15F4N3O2. The Balaban J connectivity index is 1.69. The van der Waals surface area contributed by atoms with Gasteiger partial charge in [-0.3, -0.25) is 0 Å². The highest BCUT2D eigenvalue weighted by molar-refractivity contribution is 5.58. The molecule has 0 bridgehead atoms. The summed E-state index contributed by atoms with van der Waals surface area (Å²) in [7, 11) is 0. The summed E-state index contributed by atoms with van der Waals surface area (Å²) < 4.78 is 60.5. The molecule has 0 aliphatic rings. The lowest BCUT2D eigenvalue weighted by Gasteiger charge is -2.14. The Bertz CT molecular complexity index is 908. The third kappa shape index (κ3) is 5.19. The molecule has 3 aromatic rings. The molecule has 0 aliphatic heterocycles. The molecule has 9 heteroatoms. The van der Waals surface area contributed by atoms with Gasteiger partial charge in [0, 0.05) is 5.56 Å². The standard InChI is InChI=1S/C18H15F4N3O2/c1-11-2-7-14(15(8-11)26-10-18(20,21)22)23-9-16-24-25-17(27-16)12-3-5-13(19)6-4-12/h2-8,23H,9-10H2,1H3. The lowest BCUT2D eigenvalue weighted by atomic mass is 10.2. The molecule has 1 N–H and O–H groups in total. The molecule has 2 aromatic carbocycles. The van der Waals surface area contributed by atoms with Crippen molar-refractivity contribution in [1.82, 2.24) is 10.2 Å². The van der Waals surface area contributed by atoms with Gasteiger partial charge in [0.15, 0.2) is 6.61 Å². The zero-order valence-electron chi connectivity index (χ0n) is 14.2. The number of halogens is 4. The highest BCUT2D eigenvalue weighted by atomic mass is 19.4. The van der Waals surface area contributed by atoms with E-state index >= 15 is 0 Å². The Hall–Kier alpha value is -3.10. The smallest absolute Gasteiger partial charge is 0.422 e. The Morgan fingerprint density at radius 3 is 2.52 bits per heavy atom. The van der Waals surface area contributed by atoms with Crippen LogP contribution in [0, 0.1) is 12.7 Å². The number of hydrogen-bond donors (Lipinski definition) is 1. The predicted molar refractivity (Wildman–Crippen MR) is 89.7 cm³/mol. The summed E-state index contributed by atoms with van der Waals surface area (Å²) in [5.74, 6) is 0.123. The summed E-state index contributed by atoms with van der Waals surface area (Å²) in [4.78, 5) is 0. The molecule has 0 saturated carbocycles. The largest absolute Gasteiger partial charge is 0.482 e. The van der Waals surface area contributed by atoms with Crippen LogP contribution in [0.2, 0.25) is 0 Å². The van der Waals surface area contributed by atoms with Crippen molar-refractivity contribution < 1.29 is 26.7 Å². The second-order valence-corrected chi connectivity index (χ2v) is 5.76. The van der Waals surface area contributed by atoms with Crippen LogP contribution in [0.5, 0.6) is 5.75 Å². The number of rotatable bonds is 6. The number of nitrogens with zero attached hydrogens (tertiary/aromatic N) is 2. The van der Waals surface area contributed by atoms with Gasteiger partial charge in [-0.15, -0.1) is 10.2 Å². The Kier molecular flexibility index (Phi) is 5.29. The van der Waals surface area contributed by atoms with Crippen molar-refractivity contribution in [2.75, 3.05) is 11.9 Å². The van der Waals surface area contributed by atoms with E-state index in [2.05, 4.69) is 15.5 Å². The van der Waals surface area contributed by atoms with Gasteiger partial charge in [0.05, 0.1) is 12.2 Å². The quantitative estimate of drug-likeness (QED) is 0.625. The molecule has 0 saturated heterocycles.